The molecule has 2 aliphatic carbocycles. The molecule has 3 unspecified atom stereocenters. The van der Waals surface area contributed by atoms with E-state index in [1.165, 1.54) is 42.0 Å². The molecule has 2 aliphatic rings. The van der Waals surface area contributed by atoms with Crippen LogP contribution in [-0.2, 0) is 6.42 Å². The zero-order chi connectivity index (χ0) is 14.2. The third kappa shape index (κ3) is 2.72. The van der Waals surface area contributed by atoms with Crippen LogP contribution in [0.4, 0.5) is 0 Å². The van der Waals surface area contributed by atoms with E-state index in [1.807, 2.05) is 0 Å². The first kappa shape index (κ1) is 13.3. The Morgan fingerprint density at radius 2 is 1.76 bits per heavy atom. The van der Waals surface area contributed by atoms with Gasteiger partial charge in [0.1, 0.15) is 0 Å². The largest absolute Gasteiger partial charge is 0.314 e. The topological polar surface area (TPSA) is 12.0 Å². The van der Waals surface area contributed by atoms with E-state index in [0.717, 1.165) is 24.3 Å². The molecule has 21 heavy (non-hydrogen) atoms. The van der Waals surface area contributed by atoms with Crippen LogP contribution in [-0.4, -0.2) is 12.6 Å². The standard InChI is InChI=1S/C20H25N/c1-2-21-20(19-12-17-11-18(17)13-19)10-14-7-8-15-5-3-4-6-16(15)9-14/h3-9,17-21H,2,10-13H2,1H3. The molecule has 0 heterocycles. The van der Waals surface area contributed by atoms with Gasteiger partial charge in [-0.15, -0.1) is 0 Å². The Hall–Kier alpha value is -1.34. The molecule has 0 amide bonds. The minimum Gasteiger partial charge on any atom is -0.314 e. The average molecular weight is 279 g/mol. The van der Waals surface area contributed by atoms with E-state index in [-0.39, 0.29) is 0 Å². The summed E-state index contributed by atoms with van der Waals surface area (Å²) in [5.74, 6) is 3.06. The van der Waals surface area contributed by atoms with Crippen molar-refractivity contribution in [3.05, 3.63) is 48.0 Å². The summed E-state index contributed by atoms with van der Waals surface area (Å²) in [5.41, 5.74) is 1.49. The maximum Gasteiger partial charge on any atom is 0.0136 e. The number of hydrogen-bond donors (Lipinski definition) is 1. The van der Waals surface area contributed by atoms with Gasteiger partial charge in [-0.05, 0) is 66.3 Å². The van der Waals surface area contributed by atoms with E-state index in [1.54, 1.807) is 0 Å². The van der Waals surface area contributed by atoms with Gasteiger partial charge in [0.15, 0.2) is 0 Å². The van der Waals surface area contributed by atoms with E-state index in [0.29, 0.717) is 6.04 Å². The lowest BCUT2D eigenvalue weighted by Gasteiger charge is -2.26. The van der Waals surface area contributed by atoms with E-state index < -0.39 is 0 Å². The number of likely N-dealkylation sites (N-methyl/N-ethyl adjacent to an activating group) is 1. The highest BCUT2D eigenvalue weighted by atomic mass is 14.9. The van der Waals surface area contributed by atoms with Crippen LogP contribution in [0.25, 0.3) is 10.8 Å². The third-order valence-corrected chi connectivity index (χ3v) is 5.58. The highest BCUT2D eigenvalue weighted by molar-refractivity contribution is 5.82. The van der Waals surface area contributed by atoms with Crippen molar-refractivity contribution < 1.29 is 0 Å². The summed E-state index contributed by atoms with van der Waals surface area (Å²) in [4.78, 5) is 0. The molecule has 2 saturated carbocycles. The quantitative estimate of drug-likeness (QED) is 0.855. The maximum atomic E-state index is 3.76. The molecular weight excluding hydrogens is 254 g/mol. The zero-order valence-electron chi connectivity index (χ0n) is 12.9. The van der Waals surface area contributed by atoms with Crippen LogP contribution in [0.1, 0.15) is 31.7 Å². The van der Waals surface area contributed by atoms with Crippen molar-refractivity contribution in [1.29, 1.82) is 0 Å². The summed E-state index contributed by atoms with van der Waals surface area (Å²) < 4.78 is 0. The fourth-order valence-electron chi connectivity index (χ4n) is 4.38. The van der Waals surface area contributed by atoms with Crippen LogP contribution in [0, 0.1) is 17.8 Å². The molecule has 2 fully saturated rings. The Labute approximate surface area is 127 Å². The predicted molar refractivity (Wildman–Crippen MR) is 89.4 cm³/mol. The molecule has 0 saturated heterocycles. The molecule has 1 N–H and O–H groups in total. The first-order valence-corrected chi connectivity index (χ1v) is 8.54. The van der Waals surface area contributed by atoms with Crippen LogP contribution < -0.4 is 5.32 Å². The third-order valence-electron chi connectivity index (χ3n) is 5.58. The molecule has 0 aliphatic heterocycles. The first-order chi connectivity index (χ1) is 10.3. The molecule has 2 aromatic rings. The van der Waals surface area contributed by atoms with Gasteiger partial charge in [-0.1, -0.05) is 49.4 Å². The average Bonchev–Trinajstić information content (AvgIpc) is 3.13. The lowest BCUT2D eigenvalue weighted by atomic mass is 9.89. The fourth-order valence-corrected chi connectivity index (χ4v) is 4.38. The van der Waals surface area contributed by atoms with E-state index >= 15 is 0 Å². The molecule has 4 rings (SSSR count). The molecule has 110 valence electrons. The number of benzene rings is 2. The number of rotatable bonds is 5. The van der Waals surface area contributed by atoms with Crippen molar-refractivity contribution in [2.45, 2.75) is 38.6 Å². The summed E-state index contributed by atoms with van der Waals surface area (Å²) in [7, 11) is 0. The van der Waals surface area contributed by atoms with Crippen LogP contribution in [0.3, 0.4) is 0 Å². The van der Waals surface area contributed by atoms with Gasteiger partial charge < -0.3 is 5.32 Å². The van der Waals surface area contributed by atoms with Crippen molar-refractivity contribution in [3.63, 3.8) is 0 Å². The van der Waals surface area contributed by atoms with Crippen molar-refractivity contribution in [2.24, 2.45) is 17.8 Å². The number of nitrogens with one attached hydrogen (secondary N) is 1. The van der Waals surface area contributed by atoms with Crippen molar-refractivity contribution in [3.8, 4) is 0 Å². The fraction of sp³-hybridized carbons (Fsp3) is 0.500. The lowest BCUT2D eigenvalue weighted by Crippen LogP contribution is -2.37. The van der Waals surface area contributed by atoms with E-state index in [9.17, 15) is 0 Å². The van der Waals surface area contributed by atoms with Gasteiger partial charge in [-0.2, -0.15) is 0 Å². The lowest BCUT2D eigenvalue weighted by molar-refractivity contribution is 0.337. The summed E-state index contributed by atoms with van der Waals surface area (Å²) in [6.07, 6.45) is 5.64. The van der Waals surface area contributed by atoms with E-state index in [4.69, 9.17) is 0 Å². The molecule has 0 aromatic heterocycles. The monoisotopic (exact) mass is 279 g/mol. The molecule has 0 radical (unpaired) electrons. The van der Waals surface area contributed by atoms with Crippen LogP contribution >= 0.6 is 0 Å². The molecule has 1 nitrogen and oxygen atoms in total. The summed E-state index contributed by atoms with van der Waals surface area (Å²) in [6, 6.07) is 16.3. The summed E-state index contributed by atoms with van der Waals surface area (Å²) in [6.45, 7) is 3.33. The van der Waals surface area contributed by atoms with Gasteiger partial charge in [0.05, 0.1) is 0 Å². The Bertz CT molecular complexity index is 623. The van der Waals surface area contributed by atoms with Crippen molar-refractivity contribution in [2.75, 3.05) is 6.54 Å². The second-order valence-corrected chi connectivity index (χ2v) is 7.04. The van der Waals surface area contributed by atoms with Crippen molar-refractivity contribution in [1.82, 2.24) is 5.32 Å². The highest BCUT2D eigenvalue weighted by Gasteiger charge is 2.47. The summed E-state index contributed by atoms with van der Waals surface area (Å²) >= 11 is 0. The normalized spacial score (nSPS) is 28.5. The second kappa shape index (κ2) is 5.46. The predicted octanol–water partition coefficient (Wildman–Crippen LogP) is 4.41. The molecule has 0 bridgehead atoms. The molecule has 1 heteroatoms. The minimum absolute atomic E-state index is 0.670. The number of hydrogen-bond acceptors (Lipinski definition) is 1. The van der Waals surface area contributed by atoms with Crippen LogP contribution in [0.2, 0.25) is 0 Å². The van der Waals surface area contributed by atoms with Crippen molar-refractivity contribution >= 4 is 10.8 Å². The maximum absolute atomic E-state index is 3.76. The van der Waals surface area contributed by atoms with Gasteiger partial charge in [-0.3, -0.25) is 0 Å². The van der Waals surface area contributed by atoms with Crippen LogP contribution in [0.5, 0.6) is 0 Å². The SMILES string of the molecule is CCNC(Cc1ccc2ccccc2c1)C1CC2CC2C1. The van der Waals surface area contributed by atoms with Gasteiger partial charge in [0.2, 0.25) is 0 Å². The minimum atomic E-state index is 0.670. The van der Waals surface area contributed by atoms with Crippen LogP contribution in [0.15, 0.2) is 42.5 Å². The van der Waals surface area contributed by atoms with Gasteiger partial charge in [-0.25, -0.2) is 0 Å². The second-order valence-electron chi connectivity index (χ2n) is 7.04. The summed E-state index contributed by atoms with van der Waals surface area (Å²) in [5, 5.41) is 6.49. The molecule has 2 aromatic carbocycles. The first-order valence-electron chi connectivity index (χ1n) is 8.54. The molecule has 3 atom stereocenters. The number of fused-ring (bicyclic) bond motifs is 2. The zero-order valence-corrected chi connectivity index (χ0v) is 12.9. The van der Waals surface area contributed by atoms with Gasteiger partial charge in [0.25, 0.3) is 0 Å². The molecular formula is C20H25N. The molecule has 0 spiro atoms. The highest BCUT2D eigenvalue weighted by Crippen LogP contribution is 2.55. The van der Waals surface area contributed by atoms with Gasteiger partial charge in [0, 0.05) is 6.04 Å². The Kier molecular flexibility index (Phi) is 3.46. The Morgan fingerprint density at radius 1 is 1.00 bits per heavy atom. The Morgan fingerprint density at radius 3 is 2.52 bits per heavy atom. The smallest absolute Gasteiger partial charge is 0.0136 e. The Balaban J connectivity index is 1.52. The van der Waals surface area contributed by atoms with E-state index in [2.05, 4.69) is 54.7 Å². The van der Waals surface area contributed by atoms with Gasteiger partial charge >= 0.3 is 0 Å².